The van der Waals surface area contributed by atoms with Crippen molar-refractivity contribution in [2.45, 2.75) is 18.0 Å². The van der Waals surface area contributed by atoms with Gasteiger partial charge in [0, 0.05) is 24.7 Å². The zero-order chi connectivity index (χ0) is 16.7. The van der Waals surface area contributed by atoms with Crippen LogP contribution in [0.2, 0.25) is 0 Å². The average Bonchev–Trinajstić information content (AvgIpc) is 2.85. The first-order valence-corrected chi connectivity index (χ1v) is 9.20. The summed E-state index contributed by atoms with van der Waals surface area (Å²) < 4.78 is 15.5. The van der Waals surface area contributed by atoms with Gasteiger partial charge in [0.1, 0.15) is 11.3 Å². The van der Waals surface area contributed by atoms with E-state index in [2.05, 4.69) is 27.1 Å². The Kier molecular flexibility index (Phi) is 4.14. The van der Waals surface area contributed by atoms with Crippen LogP contribution in [-0.2, 0) is 7.05 Å². The molecule has 0 aliphatic carbocycles. The first kappa shape index (κ1) is 15.8. The van der Waals surface area contributed by atoms with Gasteiger partial charge in [0.2, 0.25) is 5.16 Å². The molecule has 0 bridgehead atoms. The van der Waals surface area contributed by atoms with Crippen molar-refractivity contribution in [1.29, 1.82) is 0 Å². The highest BCUT2D eigenvalue weighted by Crippen LogP contribution is 2.28. The van der Waals surface area contributed by atoms with Crippen molar-refractivity contribution in [2.24, 2.45) is 13.0 Å². The van der Waals surface area contributed by atoms with Crippen molar-refractivity contribution >= 4 is 33.8 Å². The van der Waals surface area contributed by atoms with Gasteiger partial charge in [-0.15, -0.1) is 10.2 Å². The van der Waals surface area contributed by atoms with E-state index in [-0.39, 0.29) is 5.82 Å². The van der Waals surface area contributed by atoms with Crippen LogP contribution in [0.15, 0.2) is 23.4 Å². The molecule has 1 aliphatic heterocycles. The highest BCUT2D eigenvalue weighted by Gasteiger charge is 2.19. The first-order chi connectivity index (χ1) is 11.6. The molecular weight excluding hydrogens is 325 g/mol. The van der Waals surface area contributed by atoms with Crippen molar-refractivity contribution in [3.8, 4) is 0 Å². The number of piperidine rings is 1. The molecule has 3 heterocycles. The van der Waals surface area contributed by atoms with E-state index in [0.29, 0.717) is 16.6 Å². The van der Waals surface area contributed by atoms with Crippen LogP contribution in [0.25, 0.3) is 22.1 Å². The fourth-order valence-electron chi connectivity index (χ4n) is 3.48. The SMILES string of the molecule is CN1CCCC(CSc2nnc3c4cc(F)ccc4n(C)c3n2)C1. The highest BCUT2D eigenvalue weighted by molar-refractivity contribution is 7.99. The molecule has 1 aliphatic rings. The minimum atomic E-state index is -0.267. The maximum atomic E-state index is 13.5. The Balaban J connectivity index is 1.61. The summed E-state index contributed by atoms with van der Waals surface area (Å²) in [5.41, 5.74) is 2.34. The minimum Gasteiger partial charge on any atom is -0.327 e. The molecule has 1 fully saturated rings. The van der Waals surface area contributed by atoms with Crippen LogP contribution in [0.3, 0.4) is 0 Å². The Morgan fingerprint density at radius 2 is 2.17 bits per heavy atom. The third-order valence-electron chi connectivity index (χ3n) is 4.71. The molecule has 1 saturated heterocycles. The number of thioether (sulfide) groups is 1. The van der Waals surface area contributed by atoms with Crippen molar-refractivity contribution < 1.29 is 4.39 Å². The lowest BCUT2D eigenvalue weighted by Gasteiger charge is -2.29. The molecule has 0 radical (unpaired) electrons. The Labute approximate surface area is 144 Å². The molecule has 0 amide bonds. The number of rotatable bonds is 3. The van der Waals surface area contributed by atoms with Crippen LogP contribution in [-0.4, -0.2) is 50.5 Å². The standard InChI is InChI=1S/C17H20FN5S/c1-22-7-3-4-11(9-22)10-24-17-19-16-15(20-21-17)13-8-12(18)5-6-14(13)23(16)2/h5-6,8,11H,3-4,7,9-10H2,1-2H3. The Morgan fingerprint density at radius 1 is 1.29 bits per heavy atom. The van der Waals surface area contributed by atoms with Crippen molar-refractivity contribution in [3.05, 3.63) is 24.0 Å². The summed E-state index contributed by atoms with van der Waals surface area (Å²) >= 11 is 1.67. The summed E-state index contributed by atoms with van der Waals surface area (Å²) in [6.07, 6.45) is 2.52. The summed E-state index contributed by atoms with van der Waals surface area (Å²) in [4.78, 5) is 7.05. The normalized spacial score (nSPS) is 19.4. The fourth-order valence-corrected chi connectivity index (χ4v) is 4.39. The second-order valence-corrected chi connectivity index (χ2v) is 7.56. The molecule has 126 valence electrons. The third kappa shape index (κ3) is 2.86. The Hall–Kier alpha value is -1.73. The van der Waals surface area contributed by atoms with Gasteiger partial charge < -0.3 is 9.47 Å². The lowest BCUT2D eigenvalue weighted by molar-refractivity contribution is 0.224. The quantitative estimate of drug-likeness (QED) is 0.683. The van der Waals surface area contributed by atoms with E-state index in [1.807, 2.05) is 11.6 Å². The molecule has 0 saturated carbocycles. The summed E-state index contributed by atoms with van der Waals surface area (Å²) in [6.45, 7) is 2.33. The summed E-state index contributed by atoms with van der Waals surface area (Å²) in [5, 5.41) is 10.0. The van der Waals surface area contributed by atoms with E-state index in [1.54, 1.807) is 17.8 Å². The molecule has 24 heavy (non-hydrogen) atoms. The Bertz CT molecular complexity index is 893. The van der Waals surface area contributed by atoms with Gasteiger partial charge in [0.25, 0.3) is 0 Å². The second-order valence-electron chi connectivity index (χ2n) is 6.57. The number of likely N-dealkylation sites (tertiary alicyclic amines) is 1. The van der Waals surface area contributed by atoms with Gasteiger partial charge in [0.05, 0.1) is 5.52 Å². The van der Waals surface area contributed by atoms with Crippen molar-refractivity contribution in [1.82, 2.24) is 24.6 Å². The average molecular weight is 345 g/mol. The Morgan fingerprint density at radius 3 is 3.00 bits per heavy atom. The predicted molar refractivity (Wildman–Crippen MR) is 94.7 cm³/mol. The van der Waals surface area contributed by atoms with E-state index in [4.69, 9.17) is 0 Å². The number of aryl methyl sites for hydroxylation is 1. The molecule has 1 atom stereocenters. The molecule has 1 aromatic carbocycles. The molecule has 5 nitrogen and oxygen atoms in total. The lowest BCUT2D eigenvalue weighted by Crippen LogP contribution is -2.33. The maximum Gasteiger partial charge on any atom is 0.211 e. The number of hydrogen-bond donors (Lipinski definition) is 0. The molecule has 4 rings (SSSR count). The van der Waals surface area contributed by atoms with Crippen molar-refractivity contribution in [3.63, 3.8) is 0 Å². The highest BCUT2D eigenvalue weighted by atomic mass is 32.2. The molecule has 0 N–H and O–H groups in total. The number of benzene rings is 1. The van der Waals surface area contributed by atoms with Gasteiger partial charge in [-0.3, -0.25) is 0 Å². The maximum absolute atomic E-state index is 13.5. The predicted octanol–water partition coefficient (Wildman–Crippen LogP) is 3.09. The molecule has 2 aromatic heterocycles. The van der Waals surface area contributed by atoms with Crippen LogP contribution in [0.1, 0.15) is 12.8 Å². The first-order valence-electron chi connectivity index (χ1n) is 8.21. The number of nitrogens with zero attached hydrogens (tertiary/aromatic N) is 5. The van der Waals surface area contributed by atoms with Gasteiger partial charge >= 0.3 is 0 Å². The number of hydrogen-bond acceptors (Lipinski definition) is 5. The largest absolute Gasteiger partial charge is 0.327 e. The summed E-state index contributed by atoms with van der Waals surface area (Å²) in [7, 11) is 4.11. The van der Waals surface area contributed by atoms with Crippen LogP contribution < -0.4 is 0 Å². The van der Waals surface area contributed by atoms with E-state index in [0.717, 1.165) is 28.8 Å². The van der Waals surface area contributed by atoms with Gasteiger partial charge in [-0.1, -0.05) is 11.8 Å². The summed E-state index contributed by atoms with van der Waals surface area (Å²) in [6, 6.07) is 4.72. The zero-order valence-electron chi connectivity index (χ0n) is 13.9. The topological polar surface area (TPSA) is 46.8 Å². The number of halogens is 1. The van der Waals surface area contributed by atoms with Crippen molar-refractivity contribution in [2.75, 3.05) is 25.9 Å². The molecular formula is C17H20FN5S. The minimum absolute atomic E-state index is 0.267. The fraction of sp³-hybridized carbons (Fsp3) is 0.471. The van der Waals surface area contributed by atoms with Gasteiger partial charge in [-0.2, -0.15) is 0 Å². The van der Waals surface area contributed by atoms with Crippen LogP contribution in [0.4, 0.5) is 4.39 Å². The van der Waals surface area contributed by atoms with Crippen LogP contribution in [0.5, 0.6) is 0 Å². The third-order valence-corrected chi connectivity index (χ3v) is 5.78. The van der Waals surface area contributed by atoms with E-state index in [1.165, 1.54) is 31.5 Å². The smallest absolute Gasteiger partial charge is 0.211 e. The molecule has 3 aromatic rings. The van der Waals surface area contributed by atoms with Gasteiger partial charge in [-0.25, -0.2) is 9.37 Å². The van der Waals surface area contributed by atoms with Crippen LogP contribution in [0, 0.1) is 11.7 Å². The molecule has 0 spiro atoms. The van der Waals surface area contributed by atoms with Gasteiger partial charge in [-0.05, 0) is 50.6 Å². The summed E-state index contributed by atoms with van der Waals surface area (Å²) in [5.74, 6) is 1.42. The number of aromatic nitrogens is 4. The lowest BCUT2D eigenvalue weighted by atomic mass is 10.0. The molecule has 7 heteroatoms. The molecule has 1 unspecified atom stereocenters. The monoisotopic (exact) mass is 345 g/mol. The number of fused-ring (bicyclic) bond motifs is 3. The van der Waals surface area contributed by atoms with E-state index < -0.39 is 0 Å². The zero-order valence-corrected chi connectivity index (χ0v) is 14.7. The second kappa shape index (κ2) is 6.29. The van der Waals surface area contributed by atoms with Gasteiger partial charge in [0.15, 0.2) is 5.65 Å². The van der Waals surface area contributed by atoms with E-state index in [9.17, 15) is 4.39 Å². The van der Waals surface area contributed by atoms with Crippen LogP contribution >= 0.6 is 11.8 Å². The van der Waals surface area contributed by atoms with E-state index >= 15 is 0 Å².